The summed E-state index contributed by atoms with van der Waals surface area (Å²) in [7, 11) is -8.91. The Morgan fingerprint density at radius 1 is 0.683 bits per heavy atom. The highest BCUT2D eigenvalue weighted by atomic mass is 32.2. The lowest BCUT2D eigenvalue weighted by atomic mass is 10.0. The van der Waals surface area contributed by atoms with Crippen molar-refractivity contribution in [3.05, 3.63) is 144 Å². The number of nitrogens with one attached hydrogen (secondary N) is 2. The van der Waals surface area contributed by atoms with Crippen molar-refractivity contribution in [2.45, 2.75) is 37.6 Å². The molecule has 2 N–H and O–H groups in total. The zero-order valence-corrected chi connectivity index (χ0v) is 34.4. The molecule has 0 radical (unpaired) electrons. The highest BCUT2D eigenvalue weighted by Gasteiger charge is 2.34. The van der Waals surface area contributed by atoms with E-state index in [0.717, 1.165) is 21.0 Å². The normalized spacial score (nSPS) is 12.4. The molecular weight excluding hydrogens is 803 g/mol. The molecular formula is C45H43N5O8S2. The lowest BCUT2D eigenvalue weighted by molar-refractivity contribution is -0.645. The van der Waals surface area contributed by atoms with Crippen molar-refractivity contribution < 1.29 is 40.3 Å². The molecule has 0 saturated heterocycles. The number of carbonyl (C=O) groups excluding carboxylic acids is 3. The quantitative estimate of drug-likeness (QED) is 0.0557. The van der Waals surface area contributed by atoms with Crippen LogP contribution in [0.1, 0.15) is 46.3 Å². The smallest absolute Gasteiger partial charge is 0.326 e. The molecule has 0 unspecified atom stereocenters. The maximum atomic E-state index is 14.8. The third-order valence-electron chi connectivity index (χ3n) is 10.2. The largest absolute Gasteiger partial charge is 0.748 e. The minimum atomic E-state index is -4.47. The number of fused-ring (bicyclic) bond motifs is 4. The van der Waals surface area contributed by atoms with Crippen LogP contribution in [0.2, 0.25) is 0 Å². The Balaban J connectivity index is 1.08. The summed E-state index contributed by atoms with van der Waals surface area (Å²) in [6.07, 6.45) is 3.83. The number of anilines is 2. The van der Waals surface area contributed by atoms with Gasteiger partial charge >= 0.3 is 6.03 Å². The molecule has 6 aromatic rings. The molecule has 0 aliphatic carbocycles. The minimum absolute atomic E-state index is 0.00423. The lowest BCUT2D eigenvalue weighted by Gasteiger charge is -2.25. The van der Waals surface area contributed by atoms with E-state index in [0.29, 0.717) is 33.2 Å². The number of hydrogen-bond acceptors (Lipinski definition) is 8. The van der Waals surface area contributed by atoms with Crippen LogP contribution >= 0.6 is 0 Å². The van der Waals surface area contributed by atoms with Crippen LogP contribution in [0.3, 0.4) is 0 Å². The van der Waals surface area contributed by atoms with E-state index in [9.17, 15) is 35.8 Å². The molecule has 0 fully saturated rings. The number of urea groups is 1. The molecule has 60 heavy (non-hydrogen) atoms. The van der Waals surface area contributed by atoms with E-state index >= 15 is 0 Å². The highest BCUT2D eigenvalue weighted by molar-refractivity contribution is 7.89. The summed E-state index contributed by atoms with van der Waals surface area (Å²) in [6, 6.07) is 34.7. The molecule has 0 bridgehead atoms. The molecule has 1 aromatic heterocycles. The molecule has 7 rings (SSSR count). The average molecular weight is 846 g/mol. The first-order valence-corrected chi connectivity index (χ1v) is 22.5. The summed E-state index contributed by atoms with van der Waals surface area (Å²) < 4.78 is 65.6. The topological polar surface area (TPSA) is 177 Å². The molecule has 2 heterocycles. The molecule has 13 nitrogen and oxygen atoms in total. The maximum Gasteiger partial charge on any atom is 0.326 e. The van der Waals surface area contributed by atoms with Crippen LogP contribution in [-0.2, 0) is 31.5 Å². The van der Waals surface area contributed by atoms with Gasteiger partial charge in [0.2, 0.25) is 16.9 Å². The second-order valence-corrected chi connectivity index (χ2v) is 17.7. The van der Waals surface area contributed by atoms with Crippen LogP contribution < -0.4 is 20.1 Å². The van der Waals surface area contributed by atoms with Gasteiger partial charge in [0.05, 0.1) is 42.7 Å². The van der Waals surface area contributed by atoms with Crippen LogP contribution in [0, 0.1) is 6.92 Å². The van der Waals surface area contributed by atoms with Gasteiger partial charge in [0.25, 0.3) is 15.9 Å². The molecule has 308 valence electrons. The van der Waals surface area contributed by atoms with Gasteiger partial charge in [-0.15, -0.1) is 0 Å². The van der Waals surface area contributed by atoms with Gasteiger partial charge in [-0.2, -0.15) is 4.57 Å². The van der Waals surface area contributed by atoms with E-state index in [-0.39, 0.29) is 61.9 Å². The second-order valence-electron chi connectivity index (χ2n) is 14.3. The molecule has 5 aromatic carbocycles. The number of aryl methyl sites for hydroxylation is 2. The first-order chi connectivity index (χ1) is 28.8. The van der Waals surface area contributed by atoms with E-state index < -0.39 is 37.7 Å². The number of para-hydroxylation sites is 4. The number of carbonyl (C=O) groups is 3. The van der Waals surface area contributed by atoms with Crippen LogP contribution in [0.4, 0.5) is 16.2 Å². The number of hydrogen-bond donors (Lipinski definition) is 2. The average Bonchev–Trinajstić information content (AvgIpc) is 3.40. The summed E-state index contributed by atoms with van der Waals surface area (Å²) in [6.45, 7) is 1.87. The molecule has 0 spiro atoms. The standard InChI is InChI=1S/C45H43N5O8S2/c1-32-21-25-35(26-22-32)60(57,58)49(44(52)43-36-14-4-8-18-40(36)48(29-11-31-59(54,55)56)41-19-9-5-15-37(41)43)30-10-20-42(51)46-27-28-47-45(53)50-38-16-6-2-12-33(38)23-24-34-13-3-7-17-39(34)50/h2-9,12-19,21-26H,10-11,20,27-31H2,1H3,(H2-,46,47,51,53,54,55,56). The van der Waals surface area contributed by atoms with Gasteiger partial charge in [-0.25, -0.2) is 25.9 Å². The molecule has 4 amide bonds. The highest BCUT2D eigenvalue weighted by Crippen LogP contribution is 2.36. The summed E-state index contributed by atoms with van der Waals surface area (Å²) in [5, 5.41) is 6.53. The number of amides is 4. The van der Waals surface area contributed by atoms with Crippen LogP contribution in [0.5, 0.6) is 0 Å². The van der Waals surface area contributed by atoms with Crippen LogP contribution in [0.15, 0.2) is 126 Å². The lowest BCUT2D eigenvalue weighted by Crippen LogP contribution is -2.42. The Morgan fingerprint density at radius 2 is 1.22 bits per heavy atom. The Morgan fingerprint density at radius 3 is 1.80 bits per heavy atom. The van der Waals surface area contributed by atoms with E-state index in [4.69, 9.17) is 0 Å². The zero-order chi connectivity index (χ0) is 42.4. The van der Waals surface area contributed by atoms with Gasteiger partial charge in [0.1, 0.15) is 0 Å². The predicted molar refractivity (Wildman–Crippen MR) is 230 cm³/mol. The van der Waals surface area contributed by atoms with Crippen LogP contribution in [0.25, 0.3) is 34.0 Å². The van der Waals surface area contributed by atoms with Crippen molar-refractivity contribution in [2.75, 3.05) is 30.3 Å². The van der Waals surface area contributed by atoms with Crippen LogP contribution in [-0.4, -0.2) is 68.9 Å². The summed E-state index contributed by atoms with van der Waals surface area (Å²) in [5.41, 5.74) is 5.21. The van der Waals surface area contributed by atoms with Crippen molar-refractivity contribution >= 4 is 83.3 Å². The van der Waals surface area contributed by atoms with Gasteiger partial charge in [-0.05, 0) is 60.9 Å². The zero-order valence-electron chi connectivity index (χ0n) is 32.8. The monoisotopic (exact) mass is 845 g/mol. The molecule has 15 heteroatoms. The van der Waals surface area contributed by atoms with Gasteiger partial charge < -0.3 is 15.2 Å². The SMILES string of the molecule is Cc1ccc(S(=O)(=O)N(CCCC(=O)NCCNC(=O)N2c3ccccc3C=Cc3ccccc32)C(=O)c2c3ccccc3[n+](CCCS(=O)(=O)[O-])c3ccccc23)cc1. The van der Waals surface area contributed by atoms with E-state index in [1.165, 1.54) is 12.1 Å². The first kappa shape index (κ1) is 41.7. The predicted octanol–water partition coefficient (Wildman–Crippen LogP) is 6.28. The van der Waals surface area contributed by atoms with E-state index in [2.05, 4.69) is 10.6 Å². The first-order valence-electron chi connectivity index (χ1n) is 19.4. The van der Waals surface area contributed by atoms with E-state index in [1.807, 2.05) is 72.2 Å². The van der Waals surface area contributed by atoms with Crippen molar-refractivity contribution in [3.8, 4) is 0 Å². The number of rotatable bonds is 14. The second kappa shape index (κ2) is 17.8. The van der Waals surface area contributed by atoms with Crippen molar-refractivity contribution in [3.63, 3.8) is 0 Å². The van der Waals surface area contributed by atoms with Gasteiger partial charge in [-0.3, -0.25) is 14.5 Å². The molecule has 0 atom stereocenters. The van der Waals surface area contributed by atoms with Crippen molar-refractivity contribution in [1.29, 1.82) is 0 Å². The van der Waals surface area contributed by atoms with Gasteiger partial charge in [-0.1, -0.05) is 90.5 Å². The van der Waals surface area contributed by atoms with Crippen molar-refractivity contribution in [2.24, 2.45) is 0 Å². The number of pyridine rings is 1. The summed E-state index contributed by atoms with van der Waals surface area (Å²) in [5.74, 6) is -1.77. The van der Waals surface area contributed by atoms with Gasteiger partial charge in [0, 0.05) is 50.4 Å². The van der Waals surface area contributed by atoms with Gasteiger partial charge in [0.15, 0.2) is 6.54 Å². The maximum absolute atomic E-state index is 14.8. The minimum Gasteiger partial charge on any atom is -0.748 e. The molecule has 1 aliphatic heterocycles. The third-order valence-corrected chi connectivity index (χ3v) is 12.8. The number of benzene rings is 5. The van der Waals surface area contributed by atoms with Crippen molar-refractivity contribution in [1.82, 2.24) is 14.9 Å². The third kappa shape index (κ3) is 9.08. The molecule has 0 saturated carbocycles. The fourth-order valence-electron chi connectivity index (χ4n) is 7.39. The number of aromatic nitrogens is 1. The number of sulfonamides is 1. The molecule has 1 aliphatic rings. The Hall–Kier alpha value is -6.42. The Bertz CT molecular complexity index is 2760. The van der Waals surface area contributed by atoms with E-state index in [1.54, 1.807) is 65.6 Å². The Labute approximate surface area is 348 Å². The summed E-state index contributed by atoms with van der Waals surface area (Å²) >= 11 is 0. The fourth-order valence-corrected chi connectivity index (χ4v) is 9.29. The Kier molecular flexibility index (Phi) is 12.4. The number of nitrogens with zero attached hydrogens (tertiary/aromatic N) is 3. The fraction of sp³-hybridized carbons (Fsp3) is 0.200. The summed E-state index contributed by atoms with van der Waals surface area (Å²) in [4.78, 5) is 43.1.